The van der Waals surface area contributed by atoms with E-state index in [1.54, 1.807) is 23.4 Å². The number of nitrogens with one attached hydrogen (secondary N) is 1. The number of anilines is 1. The molecule has 0 unspecified atom stereocenters. The zero-order valence-corrected chi connectivity index (χ0v) is 13.2. The molecule has 0 bridgehead atoms. The van der Waals surface area contributed by atoms with E-state index in [4.69, 9.17) is 28.0 Å². The van der Waals surface area contributed by atoms with Gasteiger partial charge in [0.2, 0.25) is 5.96 Å². The van der Waals surface area contributed by atoms with Gasteiger partial charge in [-0.15, -0.1) is 0 Å². The van der Waals surface area contributed by atoms with Gasteiger partial charge < -0.3 is 5.32 Å². The molecular formula is C15H14Cl2N4O. The SMILES string of the molecule is Clc1ccc(NC2=NCCN2OCc2ccccn2)c(Cl)c1. The summed E-state index contributed by atoms with van der Waals surface area (Å²) in [5.41, 5.74) is 1.59. The summed E-state index contributed by atoms with van der Waals surface area (Å²) in [7, 11) is 0. The molecule has 114 valence electrons. The summed E-state index contributed by atoms with van der Waals surface area (Å²) in [6, 6.07) is 11.0. The minimum atomic E-state index is 0.385. The van der Waals surface area contributed by atoms with Crippen LogP contribution in [0.3, 0.4) is 0 Å². The van der Waals surface area contributed by atoms with Gasteiger partial charge in [0.1, 0.15) is 6.61 Å². The summed E-state index contributed by atoms with van der Waals surface area (Å²) in [5, 5.41) is 5.99. The van der Waals surface area contributed by atoms with Crippen LogP contribution in [-0.2, 0) is 11.4 Å². The number of rotatable bonds is 4. The molecule has 0 spiro atoms. The Kier molecular flexibility index (Phi) is 4.77. The molecule has 1 aliphatic heterocycles. The molecule has 2 heterocycles. The first-order chi connectivity index (χ1) is 10.7. The van der Waals surface area contributed by atoms with Gasteiger partial charge in [-0.3, -0.25) is 9.82 Å². The van der Waals surface area contributed by atoms with Crippen LogP contribution in [0, 0.1) is 0 Å². The van der Waals surface area contributed by atoms with Crippen molar-refractivity contribution in [1.82, 2.24) is 10.0 Å². The molecule has 0 saturated heterocycles. The van der Waals surface area contributed by atoms with E-state index >= 15 is 0 Å². The molecule has 5 nitrogen and oxygen atoms in total. The second kappa shape index (κ2) is 6.96. The lowest BCUT2D eigenvalue weighted by molar-refractivity contribution is -0.104. The molecular weight excluding hydrogens is 323 g/mol. The van der Waals surface area contributed by atoms with Crippen LogP contribution >= 0.6 is 23.2 Å². The Morgan fingerprint density at radius 2 is 2.14 bits per heavy atom. The van der Waals surface area contributed by atoms with Gasteiger partial charge in [0.15, 0.2) is 0 Å². The smallest absolute Gasteiger partial charge is 0.223 e. The fourth-order valence-electron chi connectivity index (χ4n) is 2.00. The Bertz CT molecular complexity index is 678. The Hall–Kier alpha value is -1.82. The lowest BCUT2D eigenvalue weighted by Crippen LogP contribution is -2.33. The van der Waals surface area contributed by atoms with Crippen LogP contribution in [-0.4, -0.2) is 29.1 Å². The highest BCUT2D eigenvalue weighted by atomic mass is 35.5. The predicted molar refractivity (Wildman–Crippen MR) is 88.1 cm³/mol. The number of aromatic nitrogens is 1. The van der Waals surface area contributed by atoms with Gasteiger partial charge in [-0.2, -0.15) is 0 Å². The number of nitrogens with zero attached hydrogens (tertiary/aromatic N) is 3. The maximum absolute atomic E-state index is 6.16. The lowest BCUT2D eigenvalue weighted by atomic mass is 10.3. The first-order valence-electron chi connectivity index (χ1n) is 6.79. The highest BCUT2D eigenvalue weighted by molar-refractivity contribution is 6.36. The molecule has 0 radical (unpaired) electrons. The van der Waals surface area contributed by atoms with Gasteiger partial charge in [0, 0.05) is 11.2 Å². The van der Waals surface area contributed by atoms with Crippen molar-refractivity contribution in [1.29, 1.82) is 0 Å². The quantitative estimate of drug-likeness (QED) is 0.926. The van der Waals surface area contributed by atoms with Crippen LogP contribution in [0.5, 0.6) is 0 Å². The Balaban J connectivity index is 1.63. The maximum Gasteiger partial charge on any atom is 0.223 e. The van der Waals surface area contributed by atoms with E-state index in [1.807, 2.05) is 24.3 Å². The third-order valence-electron chi connectivity index (χ3n) is 3.07. The standard InChI is InChI=1S/C15H14Cl2N4O/c16-11-4-5-14(13(17)9-11)20-15-19-7-8-21(15)22-10-12-3-1-2-6-18-12/h1-6,9H,7-8,10H2,(H,19,20). The van der Waals surface area contributed by atoms with Crippen molar-refractivity contribution in [3.63, 3.8) is 0 Å². The molecule has 0 saturated carbocycles. The molecule has 3 rings (SSSR count). The van der Waals surface area contributed by atoms with Gasteiger partial charge in [0.05, 0.1) is 29.5 Å². The molecule has 22 heavy (non-hydrogen) atoms. The zero-order valence-electron chi connectivity index (χ0n) is 11.7. The van der Waals surface area contributed by atoms with E-state index in [0.717, 1.165) is 11.4 Å². The molecule has 0 amide bonds. The van der Waals surface area contributed by atoms with Crippen molar-refractivity contribution in [3.05, 3.63) is 58.3 Å². The van der Waals surface area contributed by atoms with Crippen molar-refractivity contribution in [2.75, 3.05) is 18.4 Å². The number of pyridine rings is 1. The van der Waals surface area contributed by atoms with E-state index in [-0.39, 0.29) is 0 Å². The molecule has 2 aromatic rings. The third-order valence-corrected chi connectivity index (χ3v) is 3.62. The van der Waals surface area contributed by atoms with Crippen LogP contribution in [0.4, 0.5) is 5.69 Å². The number of benzene rings is 1. The number of hydrogen-bond acceptors (Lipinski definition) is 5. The first kappa shape index (κ1) is 15.1. The molecule has 1 N–H and O–H groups in total. The predicted octanol–water partition coefficient (Wildman–Crippen LogP) is 3.60. The number of hydrogen-bond donors (Lipinski definition) is 1. The average Bonchev–Trinajstić information content (AvgIpc) is 2.96. The van der Waals surface area contributed by atoms with Crippen molar-refractivity contribution in [2.24, 2.45) is 4.99 Å². The van der Waals surface area contributed by atoms with E-state index in [2.05, 4.69) is 15.3 Å². The highest BCUT2D eigenvalue weighted by Gasteiger charge is 2.19. The molecule has 0 fully saturated rings. The van der Waals surface area contributed by atoms with Gasteiger partial charge in [0.25, 0.3) is 0 Å². The number of hydroxylamine groups is 2. The highest BCUT2D eigenvalue weighted by Crippen LogP contribution is 2.26. The van der Waals surface area contributed by atoms with Crippen LogP contribution in [0.15, 0.2) is 47.6 Å². The second-order valence-corrected chi connectivity index (χ2v) is 5.49. The molecule has 0 atom stereocenters. The van der Waals surface area contributed by atoms with Crippen molar-refractivity contribution >= 4 is 34.8 Å². The van der Waals surface area contributed by atoms with Crippen molar-refractivity contribution in [3.8, 4) is 0 Å². The number of halogens is 2. The summed E-state index contributed by atoms with van der Waals surface area (Å²) in [6.45, 7) is 1.73. The molecule has 1 aromatic carbocycles. The van der Waals surface area contributed by atoms with Gasteiger partial charge in [-0.25, -0.2) is 10.1 Å². The summed E-state index contributed by atoms with van der Waals surface area (Å²) >= 11 is 12.1. The molecule has 0 aliphatic carbocycles. The van der Waals surface area contributed by atoms with Gasteiger partial charge >= 0.3 is 0 Å². The Labute approximate surface area is 138 Å². The monoisotopic (exact) mass is 336 g/mol. The maximum atomic E-state index is 6.16. The summed E-state index contributed by atoms with van der Waals surface area (Å²) < 4.78 is 0. The van der Waals surface area contributed by atoms with Crippen LogP contribution in [0.1, 0.15) is 5.69 Å². The summed E-state index contributed by atoms with van der Waals surface area (Å²) in [6.07, 6.45) is 1.74. The minimum absolute atomic E-state index is 0.385. The van der Waals surface area contributed by atoms with E-state index in [1.165, 1.54) is 0 Å². The minimum Gasteiger partial charge on any atom is -0.323 e. The molecule has 7 heteroatoms. The number of guanidine groups is 1. The fraction of sp³-hybridized carbons (Fsp3) is 0.200. The van der Waals surface area contributed by atoms with Gasteiger partial charge in [-0.1, -0.05) is 29.3 Å². The Morgan fingerprint density at radius 1 is 1.23 bits per heavy atom. The third kappa shape index (κ3) is 3.68. The topological polar surface area (TPSA) is 49.8 Å². The molecule has 1 aliphatic rings. The second-order valence-electron chi connectivity index (χ2n) is 4.65. The average molecular weight is 337 g/mol. The van der Waals surface area contributed by atoms with E-state index < -0.39 is 0 Å². The lowest BCUT2D eigenvalue weighted by Gasteiger charge is -2.20. The fourth-order valence-corrected chi connectivity index (χ4v) is 2.45. The first-order valence-corrected chi connectivity index (χ1v) is 7.55. The van der Waals surface area contributed by atoms with E-state index in [9.17, 15) is 0 Å². The van der Waals surface area contributed by atoms with Crippen molar-refractivity contribution in [2.45, 2.75) is 6.61 Å². The summed E-state index contributed by atoms with van der Waals surface area (Å²) in [5.74, 6) is 0.625. The van der Waals surface area contributed by atoms with E-state index in [0.29, 0.717) is 35.7 Å². The largest absolute Gasteiger partial charge is 0.323 e. The van der Waals surface area contributed by atoms with Crippen LogP contribution in [0.2, 0.25) is 10.0 Å². The van der Waals surface area contributed by atoms with Crippen LogP contribution < -0.4 is 5.32 Å². The van der Waals surface area contributed by atoms with Crippen LogP contribution in [0.25, 0.3) is 0 Å². The summed E-state index contributed by atoms with van der Waals surface area (Å²) in [4.78, 5) is 14.4. The normalized spacial score (nSPS) is 14.1. The zero-order chi connectivity index (χ0) is 15.4. The van der Waals surface area contributed by atoms with Gasteiger partial charge in [-0.05, 0) is 30.3 Å². The van der Waals surface area contributed by atoms with Crippen molar-refractivity contribution < 1.29 is 4.84 Å². The molecule has 1 aromatic heterocycles. The number of aliphatic imine (C=N–C) groups is 1. The Morgan fingerprint density at radius 3 is 2.91 bits per heavy atom.